The monoisotopic (exact) mass is 388 g/mol. The number of hydrogen-bond acceptors (Lipinski definition) is 8. The number of methoxy groups -OCH3 is 1. The summed E-state index contributed by atoms with van der Waals surface area (Å²) in [6, 6.07) is 6.24. The zero-order valence-corrected chi connectivity index (χ0v) is 14.3. The van der Waals surface area contributed by atoms with Crippen LogP contribution in [-0.4, -0.2) is 77.0 Å². The lowest BCUT2D eigenvalue weighted by molar-refractivity contribution is 0.0197. The Labute approximate surface area is 161 Å². The first-order chi connectivity index (χ1) is 12.2. The highest BCUT2D eigenvalue weighted by Gasteiger charge is 2.18. The minimum Gasteiger partial charge on any atom is -0.460 e. The molecule has 0 spiro atoms. The molecule has 0 aliphatic heterocycles. The molecule has 0 saturated carbocycles. The van der Waals surface area contributed by atoms with Crippen LogP contribution in [0.5, 0.6) is 0 Å². The maximum Gasteiger partial charge on any atom is 0.339 e. The van der Waals surface area contributed by atoms with Crippen molar-refractivity contribution >= 4 is 11.9 Å². The van der Waals surface area contributed by atoms with Gasteiger partial charge in [0.2, 0.25) is 0 Å². The van der Waals surface area contributed by atoms with Gasteiger partial charge in [-0.15, -0.1) is 0 Å². The minimum absolute atomic E-state index is 0. The molecule has 0 saturated heterocycles. The zero-order chi connectivity index (χ0) is 18.3. The molecule has 0 aliphatic rings. The van der Waals surface area contributed by atoms with E-state index in [2.05, 4.69) is 0 Å². The van der Waals surface area contributed by atoms with E-state index < -0.39 is 11.9 Å². The fraction of sp³-hybridized carbons (Fsp3) is 0.579. The van der Waals surface area contributed by atoms with E-state index in [0.717, 1.165) is 0 Å². The van der Waals surface area contributed by atoms with Gasteiger partial charge in [-0.1, -0.05) is 27.0 Å². The lowest BCUT2D eigenvalue weighted by Gasteiger charge is -2.10. The first-order valence-corrected chi connectivity index (χ1v) is 7.89. The van der Waals surface area contributed by atoms with Gasteiger partial charge >= 0.3 is 11.9 Å². The van der Waals surface area contributed by atoms with Crippen molar-refractivity contribution < 1.29 is 38.4 Å². The highest BCUT2D eigenvalue weighted by atomic mass is 16.6. The fourth-order valence-electron chi connectivity index (χ4n) is 1.79. The number of aliphatic hydroxyl groups excluding tert-OH is 1. The standard InChI is InChI=1S/C17H24O8.2CH4/c1-21-8-9-23-11-13-25-17(20)15-5-3-2-4-14(15)16(19)24-12-10-22-7-6-18;;/h2-5,18H,6-13H2,1H3;2*1H4. The Morgan fingerprint density at radius 1 is 0.778 bits per heavy atom. The molecule has 0 fully saturated rings. The van der Waals surface area contributed by atoms with E-state index in [9.17, 15) is 9.59 Å². The molecule has 0 unspecified atom stereocenters. The summed E-state index contributed by atoms with van der Waals surface area (Å²) >= 11 is 0. The third kappa shape index (κ3) is 11.3. The molecule has 1 N–H and O–H groups in total. The average Bonchev–Trinajstić information content (AvgIpc) is 2.64. The van der Waals surface area contributed by atoms with Crippen LogP contribution in [0, 0.1) is 0 Å². The molecule has 0 atom stereocenters. The fourth-order valence-corrected chi connectivity index (χ4v) is 1.79. The lowest BCUT2D eigenvalue weighted by Crippen LogP contribution is -2.18. The van der Waals surface area contributed by atoms with Gasteiger partial charge in [0.1, 0.15) is 13.2 Å². The summed E-state index contributed by atoms with van der Waals surface area (Å²) in [5.41, 5.74) is 0.246. The van der Waals surface area contributed by atoms with Crippen LogP contribution in [0.4, 0.5) is 0 Å². The second kappa shape index (κ2) is 17.4. The van der Waals surface area contributed by atoms with Crippen molar-refractivity contribution in [3.05, 3.63) is 35.4 Å². The summed E-state index contributed by atoms with van der Waals surface area (Å²) < 4.78 is 25.2. The summed E-state index contributed by atoms with van der Waals surface area (Å²) in [6.07, 6.45) is 0. The molecule has 1 aromatic carbocycles. The van der Waals surface area contributed by atoms with E-state index in [0.29, 0.717) is 13.2 Å². The number of esters is 2. The van der Waals surface area contributed by atoms with Gasteiger partial charge in [-0.2, -0.15) is 0 Å². The Kier molecular flexibility index (Phi) is 17.6. The largest absolute Gasteiger partial charge is 0.460 e. The predicted octanol–water partition coefficient (Wildman–Crippen LogP) is 1.94. The van der Waals surface area contributed by atoms with Gasteiger partial charge in [-0.3, -0.25) is 0 Å². The van der Waals surface area contributed by atoms with Gasteiger partial charge in [0, 0.05) is 7.11 Å². The Hall–Kier alpha value is -2.00. The normalized spacial score (nSPS) is 9.70. The maximum atomic E-state index is 12.1. The second-order valence-electron chi connectivity index (χ2n) is 4.76. The van der Waals surface area contributed by atoms with Crippen molar-refractivity contribution in [3.63, 3.8) is 0 Å². The number of benzene rings is 1. The highest BCUT2D eigenvalue weighted by Crippen LogP contribution is 2.12. The molecule has 8 nitrogen and oxygen atoms in total. The maximum absolute atomic E-state index is 12.1. The molecular weight excluding hydrogens is 356 g/mol. The quantitative estimate of drug-likeness (QED) is 0.404. The number of rotatable bonds is 13. The van der Waals surface area contributed by atoms with Crippen molar-refractivity contribution in [2.24, 2.45) is 0 Å². The third-order valence-electron chi connectivity index (χ3n) is 2.96. The molecule has 8 heteroatoms. The van der Waals surface area contributed by atoms with Gasteiger partial charge in [0.05, 0.1) is 50.8 Å². The molecule has 0 radical (unpaired) electrons. The Balaban J connectivity index is 0. The molecule has 27 heavy (non-hydrogen) atoms. The third-order valence-corrected chi connectivity index (χ3v) is 2.96. The van der Waals surface area contributed by atoms with Crippen LogP contribution < -0.4 is 0 Å². The predicted molar refractivity (Wildman–Crippen MR) is 101 cm³/mol. The van der Waals surface area contributed by atoms with Crippen LogP contribution in [0.1, 0.15) is 35.6 Å². The topological polar surface area (TPSA) is 101 Å². The van der Waals surface area contributed by atoms with Gasteiger partial charge in [0.15, 0.2) is 0 Å². The Morgan fingerprint density at radius 3 is 1.67 bits per heavy atom. The van der Waals surface area contributed by atoms with Crippen LogP contribution in [0.3, 0.4) is 0 Å². The van der Waals surface area contributed by atoms with Crippen molar-refractivity contribution in [1.29, 1.82) is 0 Å². The average molecular weight is 388 g/mol. The smallest absolute Gasteiger partial charge is 0.339 e. The van der Waals surface area contributed by atoms with Gasteiger partial charge in [0.25, 0.3) is 0 Å². The highest BCUT2D eigenvalue weighted by molar-refractivity contribution is 6.03. The van der Waals surface area contributed by atoms with Crippen molar-refractivity contribution in [3.8, 4) is 0 Å². The summed E-state index contributed by atoms with van der Waals surface area (Å²) in [4.78, 5) is 24.2. The molecule has 0 aliphatic carbocycles. The zero-order valence-electron chi connectivity index (χ0n) is 14.3. The van der Waals surface area contributed by atoms with Crippen LogP contribution in [0.15, 0.2) is 24.3 Å². The van der Waals surface area contributed by atoms with Crippen LogP contribution in [-0.2, 0) is 23.7 Å². The van der Waals surface area contributed by atoms with Crippen molar-refractivity contribution in [2.75, 3.05) is 60.0 Å². The molecule has 0 heterocycles. The number of hydrogen-bond donors (Lipinski definition) is 1. The van der Waals surface area contributed by atoms with E-state index in [-0.39, 0.29) is 65.6 Å². The lowest BCUT2D eigenvalue weighted by atomic mass is 10.1. The van der Waals surface area contributed by atoms with E-state index >= 15 is 0 Å². The Bertz CT molecular complexity index is 518. The second-order valence-corrected chi connectivity index (χ2v) is 4.76. The van der Waals surface area contributed by atoms with E-state index in [1.165, 1.54) is 12.1 Å². The first kappa shape index (κ1) is 27.2. The SMILES string of the molecule is C.C.COCCOCCOC(=O)c1ccccc1C(=O)OCCOCCO. The molecule has 1 aromatic rings. The van der Waals surface area contributed by atoms with Gasteiger partial charge in [-0.05, 0) is 12.1 Å². The number of aliphatic hydroxyl groups is 1. The van der Waals surface area contributed by atoms with Crippen LogP contribution in [0.25, 0.3) is 0 Å². The molecule has 1 rings (SSSR count). The Morgan fingerprint density at radius 2 is 1.22 bits per heavy atom. The first-order valence-electron chi connectivity index (χ1n) is 7.89. The summed E-state index contributed by atoms with van der Waals surface area (Å²) in [6.45, 7) is 1.45. The van der Waals surface area contributed by atoms with Crippen LogP contribution >= 0.6 is 0 Å². The minimum atomic E-state index is -0.642. The summed E-state index contributed by atoms with van der Waals surface area (Å²) in [7, 11) is 1.57. The van der Waals surface area contributed by atoms with E-state index in [1.54, 1.807) is 19.2 Å². The van der Waals surface area contributed by atoms with Gasteiger partial charge < -0.3 is 28.8 Å². The summed E-state index contributed by atoms with van der Waals surface area (Å²) in [5, 5.41) is 8.58. The van der Waals surface area contributed by atoms with E-state index in [4.69, 9.17) is 28.8 Å². The molecule has 0 bridgehead atoms. The molecule has 156 valence electrons. The number of ether oxygens (including phenoxy) is 5. The summed E-state index contributed by atoms with van der Waals surface area (Å²) in [5.74, 6) is -1.27. The van der Waals surface area contributed by atoms with Gasteiger partial charge in [-0.25, -0.2) is 9.59 Å². The molecular formula is C19H32O8. The molecule has 0 amide bonds. The number of carbonyl (C=O) groups is 2. The molecule has 0 aromatic heterocycles. The van der Waals surface area contributed by atoms with Crippen molar-refractivity contribution in [1.82, 2.24) is 0 Å². The number of carbonyl (C=O) groups excluding carboxylic acids is 2. The van der Waals surface area contributed by atoms with E-state index in [1.807, 2.05) is 0 Å². The van der Waals surface area contributed by atoms with Crippen LogP contribution in [0.2, 0.25) is 0 Å². The van der Waals surface area contributed by atoms with Crippen molar-refractivity contribution in [2.45, 2.75) is 14.9 Å².